The molecular formula is C8H12N2O. The molecule has 0 aromatic carbocycles. The van der Waals surface area contributed by atoms with E-state index in [0.29, 0.717) is 0 Å². The van der Waals surface area contributed by atoms with Crippen LogP contribution in [0.3, 0.4) is 0 Å². The summed E-state index contributed by atoms with van der Waals surface area (Å²) in [5.41, 5.74) is 1.08. The van der Waals surface area contributed by atoms with E-state index in [2.05, 4.69) is 9.97 Å². The summed E-state index contributed by atoms with van der Waals surface area (Å²) < 4.78 is 4.92. The van der Waals surface area contributed by atoms with Crippen molar-refractivity contribution in [2.24, 2.45) is 0 Å². The van der Waals surface area contributed by atoms with Crippen LogP contribution in [-0.2, 0) is 11.2 Å². The smallest absolute Gasteiger partial charge is 0.115 e. The molecule has 0 N–H and O–H groups in total. The van der Waals surface area contributed by atoms with Gasteiger partial charge in [0.2, 0.25) is 0 Å². The van der Waals surface area contributed by atoms with Gasteiger partial charge in [-0.3, -0.25) is 0 Å². The zero-order valence-electron chi connectivity index (χ0n) is 6.66. The van der Waals surface area contributed by atoms with Gasteiger partial charge in [0, 0.05) is 25.6 Å². The summed E-state index contributed by atoms with van der Waals surface area (Å²) in [5, 5.41) is 0. The molecule has 1 rings (SSSR count). The van der Waals surface area contributed by atoms with Crippen molar-refractivity contribution in [3.8, 4) is 0 Å². The molecule has 1 heterocycles. The van der Waals surface area contributed by atoms with Gasteiger partial charge in [0.1, 0.15) is 6.33 Å². The Labute approximate surface area is 66.4 Å². The third kappa shape index (κ3) is 3.09. The van der Waals surface area contributed by atoms with Crippen LogP contribution in [0.25, 0.3) is 0 Å². The third-order valence-corrected chi connectivity index (χ3v) is 1.42. The van der Waals surface area contributed by atoms with Crippen molar-refractivity contribution in [3.63, 3.8) is 0 Å². The summed E-state index contributed by atoms with van der Waals surface area (Å²) in [4.78, 5) is 7.92. The Kier molecular flexibility index (Phi) is 3.55. The van der Waals surface area contributed by atoms with Crippen molar-refractivity contribution >= 4 is 0 Å². The zero-order chi connectivity index (χ0) is 7.94. The molecule has 11 heavy (non-hydrogen) atoms. The maximum Gasteiger partial charge on any atom is 0.115 e. The number of aromatic nitrogens is 2. The van der Waals surface area contributed by atoms with Gasteiger partial charge in [0.05, 0.1) is 0 Å². The van der Waals surface area contributed by atoms with Crippen LogP contribution in [0.15, 0.2) is 18.6 Å². The highest BCUT2D eigenvalue weighted by atomic mass is 16.5. The maximum absolute atomic E-state index is 4.92. The van der Waals surface area contributed by atoms with Crippen LogP contribution in [-0.4, -0.2) is 23.7 Å². The fraction of sp³-hybridized carbons (Fsp3) is 0.500. The molecule has 0 bridgehead atoms. The molecule has 0 saturated heterocycles. The second-order valence-electron chi connectivity index (χ2n) is 2.30. The molecule has 3 heteroatoms. The van der Waals surface area contributed by atoms with E-state index in [1.807, 2.05) is 6.07 Å². The van der Waals surface area contributed by atoms with Crippen molar-refractivity contribution in [1.82, 2.24) is 9.97 Å². The molecule has 1 aromatic heterocycles. The first kappa shape index (κ1) is 8.14. The first-order valence-corrected chi connectivity index (χ1v) is 3.67. The first-order chi connectivity index (χ1) is 5.43. The molecule has 3 nitrogen and oxygen atoms in total. The highest BCUT2D eigenvalue weighted by Gasteiger charge is 1.91. The van der Waals surface area contributed by atoms with Crippen LogP contribution in [0.5, 0.6) is 0 Å². The predicted molar refractivity (Wildman–Crippen MR) is 42.2 cm³/mol. The number of rotatable bonds is 4. The van der Waals surface area contributed by atoms with Gasteiger partial charge in [-0.25, -0.2) is 9.97 Å². The summed E-state index contributed by atoms with van der Waals surface area (Å²) in [6, 6.07) is 1.93. The van der Waals surface area contributed by atoms with Crippen LogP contribution in [0.2, 0.25) is 0 Å². The molecule has 0 spiro atoms. The van der Waals surface area contributed by atoms with E-state index < -0.39 is 0 Å². The highest BCUT2D eigenvalue weighted by molar-refractivity contribution is 4.97. The van der Waals surface area contributed by atoms with E-state index in [9.17, 15) is 0 Å². The van der Waals surface area contributed by atoms with Gasteiger partial charge >= 0.3 is 0 Å². The van der Waals surface area contributed by atoms with Crippen LogP contribution in [0, 0.1) is 0 Å². The largest absolute Gasteiger partial charge is 0.385 e. The Morgan fingerprint density at radius 2 is 2.45 bits per heavy atom. The Morgan fingerprint density at radius 3 is 3.09 bits per heavy atom. The van der Waals surface area contributed by atoms with E-state index >= 15 is 0 Å². The van der Waals surface area contributed by atoms with Crippen molar-refractivity contribution < 1.29 is 4.74 Å². The van der Waals surface area contributed by atoms with E-state index in [4.69, 9.17) is 4.74 Å². The van der Waals surface area contributed by atoms with Crippen LogP contribution in [0.1, 0.15) is 12.1 Å². The fourth-order valence-corrected chi connectivity index (χ4v) is 0.864. The Hall–Kier alpha value is -0.960. The Morgan fingerprint density at radius 1 is 1.55 bits per heavy atom. The topological polar surface area (TPSA) is 35.0 Å². The van der Waals surface area contributed by atoms with Gasteiger partial charge < -0.3 is 4.74 Å². The van der Waals surface area contributed by atoms with Crippen molar-refractivity contribution in [2.45, 2.75) is 12.8 Å². The summed E-state index contributed by atoms with van der Waals surface area (Å²) in [5.74, 6) is 0. The summed E-state index contributed by atoms with van der Waals surface area (Å²) in [6.45, 7) is 0.796. The maximum atomic E-state index is 4.92. The lowest BCUT2D eigenvalue weighted by molar-refractivity contribution is 0.195. The lowest BCUT2D eigenvalue weighted by atomic mass is 10.2. The number of nitrogens with zero attached hydrogens (tertiary/aromatic N) is 2. The van der Waals surface area contributed by atoms with E-state index in [-0.39, 0.29) is 0 Å². The van der Waals surface area contributed by atoms with E-state index in [1.54, 1.807) is 19.6 Å². The summed E-state index contributed by atoms with van der Waals surface area (Å²) >= 11 is 0. The molecule has 0 aliphatic heterocycles. The predicted octanol–water partition coefficient (Wildman–Crippen LogP) is 1.06. The van der Waals surface area contributed by atoms with Gasteiger partial charge in [-0.2, -0.15) is 0 Å². The molecule has 0 unspecified atom stereocenters. The lowest BCUT2D eigenvalue weighted by Crippen LogP contribution is -1.94. The van der Waals surface area contributed by atoms with Crippen molar-refractivity contribution in [3.05, 3.63) is 24.3 Å². The Balaban J connectivity index is 2.28. The Bertz CT molecular complexity index is 189. The molecule has 0 aliphatic carbocycles. The third-order valence-electron chi connectivity index (χ3n) is 1.42. The van der Waals surface area contributed by atoms with Gasteiger partial charge in [-0.05, 0) is 18.9 Å². The second-order valence-corrected chi connectivity index (χ2v) is 2.30. The minimum atomic E-state index is 0.796. The van der Waals surface area contributed by atoms with Crippen molar-refractivity contribution in [1.29, 1.82) is 0 Å². The molecule has 0 amide bonds. The molecule has 1 aromatic rings. The molecule has 0 atom stereocenters. The monoisotopic (exact) mass is 152 g/mol. The molecule has 60 valence electrons. The summed E-state index contributed by atoms with van der Waals surface area (Å²) in [7, 11) is 1.71. The highest BCUT2D eigenvalue weighted by Crippen LogP contribution is 1.95. The fourth-order valence-electron chi connectivity index (χ4n) is 0.864. The average Bonchev–Trinajstić information content (AvgIpc) is 2.07. The van der Waals surface area contributed by atoms with Crippen molar-refractivity contribution in [2.75, 3.05) is 13.7 Å². The SMILES string of the molecule is COCCCc1ccncn1. The van der Waals surface area contributed by atoms with Gasteiger partial charge in [0.25, 0.3) is 0 Å². The number of aryl methyl sites for hydroxylation is 1. The molecule has 0 radical (unpaired) electrons. The lowest BCUT2D eigenvalue weighted by Gasteiger charge is -1.97. The number of hydrogen-bond donors (Lipinski definition) is 0. The standard InChI is InChI=1S/C8H12N2O/c1-11-6-2-3-8-4-5-9-7-10-8/h4-5,7H,2-3,6H2,1H3. The van der Waals surface area contributed by atoms with Gasteiger partial charge in [-0.1, -0.05) is 0 Å². The van der Waals surface area contributed by atoms with Gasteiger partial charge in [-0.15, -0.1) is 0 Å². The zero-order valence-corrected chi connectivity index (χ0v) is 6.66. The van der Waals surface area contributed by atoms with E-state index in [0.717, 1.165) is 25.1 Å². The minimum Gasteiger partial charge on any atom is -0.385 e. The number of ether oxygens (including phenoxy) is 1. The van der Waals surface area contributed by atoms with E-state index in [1.165, 1.54) is 0 Å². The molecule has 0 saturated carbocycles. The average molecular weight is 152 g/mol. The minimum absolute atomic E-state index is 0.796. The summed E-state index contributed by atoms with van der Waals surface area (Å²) in [6.07, 6.45) is 5.32. The molecule has 0 fully saturated rings. The molecular weight excluding hydrogens is 140 g/mol. The van der Waals surface area contributed by atoms with Crippen LogP contribution in [0.4, 0.5) is 0 Å². The number of methoxy groups -OCH3 is 1. The van der Waals surface area contributed by atoms with Gasteiger partial charge in [0.15, 0.2) is 0 Å². The van der Waals surface area contributed by atoms with Crippen LogP contribution < -0.4 is 0 Å². The number of hydrogen-bond acceptors (Lipinski definition) is 3. The first-order valence-electron chi connectivity index (χ1n) is 3.67. The van der Waals surface area contributed by atoms with Crippen LogP contribution >= 0.6 is 0 Å². The second kappa shape index (κ2) is 4.79. The quantitative estimate of drug-likeness (QED) is 0.605. The molecule has 0 aliphatic rings. The normalized spacial score (nSPS) is 9.91.